The van der Waals surface area contributed by atoms with Gasteiger partial charge in [-0.05, 0) is 69.4 Å². The molecule has 2 aromatic rings. The second-order valence-electron chi connectivity index (χ2n) is 9.65. The Hall–Kier alpha value is -3.32. The summed E-state index contributed by atoms with van der Waals surface area (Å²) in [6.07, 6.45) is 10.5. The normalized spacial score (nSPS) is 30.5. The van der Waals surface area contributed by atoms with Crippen LogP contribution in [0.1, 0.15) is 45.6 Å². The number of benzene rings is 1. The largest absolute Gasteiger partial charge is 0.482 e. The van der Waals surface area contributed by atoms with Gasteiger partial charge in [0.1, 0.15) is 16.9 Å². The summed E-state index contributed by atoms with van der Waals surface area (Å²) in [7, 11) is 0. The molecule has 178 valence electrons. The third kappa shape index (κ3) is 3.55. The van der Waals surface area contributed by atoms with E-state index in [1.165, 1.54) is 6.07 Å². The molecule has 4 atom stereocenters. The summed E-state index contributed by atoms with van der Waals surface area (Å²) in [6.45, 7) is 5.57. The number of carbonyl (C=O) groups is 1. The number of carbonyl (C=O) groups excluding carboxylic acids is 1. The fourth-order valence-corrected chi connectivity index (χ4v) is 5.54. The summed E-state index contributed by atoms with van der Waals surface area (Å²) in [5, 5.41) is 4.02. The SMILES string of the molecule is C/C=C(\C)C(=O)O[C@@]1(C)CCC[C@@H](C2=CNC(N)C=C2)[C@]12Cc1cc3ccc(=O)oc3cc1O2. The Morgan fingerprint density at radius 3 is 2.88 bits per heavy atom. The maximum atomic E-state index is 13.0. The van der Waals surface area contributed by atoms with Crippen molar-refractivity contribution < 1.29 is 18.7 Å². The lowest BCUT2D eigenvalue weighted by molar-refractivity contribution is -0.198. The van der Waals surface area contributed by atoms with Crippen LogP contribution in [0, 0.1) is 5.92 Å². The molecular weight excluding hydrogens is 432 g/mol. The number of nitrogens with one attached hydrogen (secondary N) is 1. The third-order valence-corrected chi connectivity index (χ3v) is 7.57. The van der Waals surface area contributed by atoms with Crippen LogP contribution < -0.4 is 21.4 Å². The van der Waals surface area contributed by atoms with E-state index in [-0.39, 0.29) is 18.1 Å². The van der Waals surface area contributed by atoms with Crippen LogP contribution in [-0.2, 0) is 16.0 Å². The lowest BCUT2D eigenvalue weighted by atomic mass is 9.62. The molecule has 1 fully saturated rings. The van der Waals surface area contributed by atoms with Crippen molar-refractivity contribution in [1.29, 1.82) is 0 Å². The highest BCUT2D eigenvalue weighted by Gasteiger charge is 2.63. The number of ether oxygens (including phenoxy) is 2. The quantitative estimate of drug-likeness (QED) is 0.405. The van der Waals surface area contributed by atoms with Crippen LogP contribution in [0.25, 0.3) is 11.0 Å². The Balaban J connectivity index is 1.63. The van der Waals surface area contributed by atoms with Crippen molar-refractivity contribution in [2.75, 3.05) is 0 Å². The molecule has 7 heteroatoms. The minimum absolute atomic E-state index is 0.0382. The molecule has 1 unspecified atom stereocenters. The van der Waals surface area contributed by atoms with Gasteiger partial charge in [0.2, 0.25) is 0 Å². The average molecular weight is 463 g/mol. The molecule has 3 N–H and O–H groups in total. The molecule has 0 amide bonds. The molecule has 1 aromatic heterocycles. The topological polar surface area (TPSA) is 104 Å². The van der Waals surface area contributed by atoms with Gasteiger partial charge in [-0.2, -0.15) is 0 Å². The highest BCUT2D eigenvalue weighted by atomic mass is 16.6. The van der Waals surface area contributed by atoms with Gasteiger partial charge in [-0.1, -0.05) is 12.2 Å². The predicted molar refractivity (Wildman–Crippen MR) is 129 cm³/mol. The van der Waals surface area contributed by atoms with E-state index in [2.05, 4.69) is 5.32 Å². The summed E-state index contributed by atoms with van der Waals surface area (Å²) in [6, 6.07) is 6.97. The van der Waals surface area contributed by atoms with E-state index in [4.69, 9.17) is 19.6 Å². The van der Waals surface area contributed by atoms with Gasteiger partial charge in [0.15, 0.2) is 5.60 Å². The molecular formula is C27H30N2O5. The predicted octanol–water partition coefficient (Wildman–Crippen LogP) is 3.86. The lowest BCUT2D eigenvalue weighted by Crippen LogP contribution is -2.64. The monoisotopic (exact) mass is 462 g/mol. The molecule has 1 saturated carbocycles. The van der Waals surface area contributed by atoms with Crippen LogP contribution in [0.15, 0.2) is 69.1 Å². The number of dihydropyridines is 1. The number of allylic oxidation sites excluding steroid dienone is 2. The molecule has 5 rings (SSSR count). The lowest BCUT2D eigenvalue weighted by Gasteiger charge is -2.52. The number of fused-ring (bicyclic) bond motifs is 2. The van der Waals surface area contributed by atoms with Crippen LogP contribution in [0.4, 0.5) is 0 Å². The summed E-state index contributed by atoms with van der Waals surface area (Å²) >= 11 is 0. The van der Waals surface area contributed by atoms with E-state index in [1.807, 2.05) is 38.3 Å². The molecule has 7 nitrogen and oxygen atoms in total. The zero-order valence-electron chi connectivity index (χ0n) is 19.7. The van der Waals surface area contributed by atoms with Crippen LogP contribution in [0.2, 0.25) is 0 Å². The van der Waals surface area contributed by atoms with Crippen LogP contribution in [0.3, 0.4) is 0 Å². The molecule has 2 aliphatic heterocycles. The maximum Gasteiger partial charge on any atom is 0.336 e. The summed E-state index contributed by atoms with van der Waals surface area (Å²) in [5.41, 5.74) is 6.99. The van der Waals surface area contributed by atoms with Crippen molar-refractivity contribution in [3.8, 4) is 5.75 Å². The first-order chi connectivity index (χ1) is 16.2. The Kier molecular flexibility index (Phi) is 5.40. The van der Waals surface area contributed by atoms with E-state index in [1.54, 1.807) is 25.1 Å². The highest BCUT2D eigenvalue weighted by Crippen LogP contribution is 2.55. The average Bonchev–Trinajstić information content (AvgIpc) is 3.19. The first kappa shape index (κ1) is 22.5. The third-order valence-electron chi connectivity index (χ3n) is 7.57. The van der Waals surface area contributed by atoms with E-state index in [0.717, 1.165) is 29.4 Å². The molecule has 0 saturated heterocycles. The van der Waals surface area contributed by atoms with Gasteiger partial charge in [-0.25, -0.2) is 9.59 Å². The number of rotatable bonds is 3. The molecule has 3 aliphatic rings. The maximum absolute atomic E-state index is 13.0. The molecule has 1 spiro atoms. The zero-order chi connectivity index (χ0) is 24.1. The molecule has 3 heterocycles. The van der Waals surface area contributed by atoms with Crippen molar-refractivity contribution in [3.05, 3.63) is 75.8 Å². The minimum Gasteiger partial charge on any atom is -0.482 e. The fourth-order valence-electron chi connectivity index (χ4n) is 5.54. The second-order valence-corrected chi connectivity index (χ2v) is 9.65. The summed E-state index contributed by atoms with van der Waals surface area (Å²) < 4.78 is 18.5. The van der Waals surface area contributed by atoms with Gasteiger partial charge < -0.3 is 24.9 Å². The van der Waals surface area contributed by atoms with Crippen molar-refractivity contribution in [1.82, 2.24) is 5.32 Å². The number of esters is 1. The van der Waals surface area contributed by atoms with Crippen molar-refractivity contribution in [3.63, 3.8) is 0 Å². The van der Waals surface area contributed by atoms with Crippen molar-refractivity contribution >= 4 is 16.9 Å². The number of hydrogen-bond acceptors (Lipinski definition) is 7. The van der Waals surface area contributed by atoms with Crippen molar-refractivity contribution in [2.45, 2.75) is 63.8 Å². The van der Waals surface area contributed by atoms with E-state index in [9.17, 15) is 9.59 Å². The summed E-state index contributed by atoms with van der Waals surface area (Å²) in [5.74, 6) is 0.279. The van der Waals surface area contributed by atoms with E-state index >= 15 is 0 Å². The first-order valence-corrected chi connectivity index (χ1v) is 11.8. The Bertz CT molecular complexity index is 1310. The van der Waals surface area contributed by atoms with Crippen molar-refractivity contribution in [2.24, 2.45) is 11.7 Å². The Labute approximate surface area is 198 Å². The van der Waals surface area contributed by atoms with Gasteiger partial charge in [0, 0.05) is 41.6 Å². The van der Waals surface area contributed by atoms with Gasteiger partial charge >= 0.3 is 11.6 Å². The first-order valence-electron chi connectivity index (χ1n) is 11.8. The van der Waals surface area contributed by atoms with Gasteiger partial charge in [0.05, 0.1) is 6.17 Å². The highest BCUT2D eigenvalue weighted by molar-refractivity contribution is 5.88. The van der Waals surface area contributed by atoms with Gasteiger partial charge in [-0.3, -0.25) is 0 Å². The van der Waals surface area contributed by atoms with Crippen LogP contribution in [-0.4, -0.2) is 23.3 Å². The van der Waals surface area contributed by atoms with Gasteiger partial charge in [0.25, 0.3) is 0 Å². The molecule has 1 aromatic carbocycles. The fraction of sp³-hybridized carbons (Fsp3) is 0.407. The molecule has 34 heavy (non-hydrogen) atoms. The zero-order valence-corrected chi connectivity index (χ0v) is 19.7. The Morgan fingerprint density at radius 1 is 1.32 bits per heavy atom. The molecule has 0 bridgehead atoms. The number of hydrogen-bond donors (Lipinski definition) is 2. The van der Waals surface area contributed by atoms with E-state index in [0.29, 0.717) is 29.7 Å². The Morgan fingerprint density at radius 2 is 2.15 bits per heavy atom. The number of nitrogens with two attached hydrogens (primary N) is 1. The van der Waals surface area contributed by atoms with E-state index < -0.39 is 16.8 Å². The van der Waals surface area contributed by atoms with Gasteiger partial charge in [-0.15, -0.1) is 0 Å². The second kappa shape index (κ2) is 8.17. The summed E-state index contributed by atoms with van der Waals surface area (Å²) in [4.78, 5) is 24.7. The van der Waals surface area contributed by atoms with Crippen LogP contribution in [0.5, 0.6) is 5.75 Å². The standard InChI is InChI=1S/C27H30N2O5/c1-4-16(2)25(31)34-26(3)11-5-6-20(18-7-9-23(28)29-15-18)27(26)14-19-12-17-8-10-24(30)32-21(17)13-22(19)33-27/h4,7-10,12-13,15,20,23,29H,5-6,11,14,28H2,1-3H3/b16-4+/t20-,23?,26-,27+/m0/s1. The van der Waals surface area contributed by atoms with Crippen LogP contribution >= 0.6 is 0 Å². The molecule has 0 radical (unpaired) electrons. The minimum atomic E-state index is -0.877. The molecule has 1 aliphatic carbocycles. The smallest absolute Gasteiger partial charge is 0.336 e.